The Morgan fingerprint density at radius 1 is 0.857 bits per heavy atom. The van der Waals surface area contributed by atoms with Crippen LogP contribution in [-0.2, 0) is 16.0 Å². The van der Waals surface area contributed by atoms with Crippen LogP contribution >= 0.6 is 0 Å². The molecule has 0 unspecified atom stereocenters. The Hall–Kier alpha value is -1.84. The third-order valence-electron chi connectivity index (χ3n) is 7.33. The van der Waals surface area contributed by atoms with Crippen molar-refractivity contribution in [1.29, 1.82) is 0 Å². The van der Waals surface area contributed by atoms with Gasteiger partial charge < -0.3 is 9.80 Å². The third-order valence-corrected chi connectivity index (χ3v) is 7.33. The van der Waals surface area contributed by atoms with Crippen LogP contribution in [0.15, 0.2) is 30.3 Å². The molecule has 2 aliphatic heterocycles. The first-order valence-electron chi connectivity index (χ1n) is 11.2. The monoisotopic (exact) mass is 382 g/mol. The van der Waals surface area contributed by atoms with Gasteiger partial charge in [0.2, 0.25) is 11.8 Å². The number of likely N-dealkylation sites (tertiary alicyclic amines) is 2. The summed E-state index contributed by atoms with van der Waals surface area (Å²) in [7, 11) is 0. The average molecular weight is 383 g/mol. The lowest BCUT2D eigenvalue weighted by Crippen LogP contribution is -2.41. The summed E-state index contributed by atoms with van der Waals surface area (Å²) in [5.74, 6) is 1.02. The summed E-state index contributed by atoms with van der Waals surface area (Å²) in [5.41, 5.74) is 1.52. The molecule has 1 aromatic carbocycles. The van der Waals surface area contributed by atoms with Crippen molar-refractivity contribution in [2.75, 3.05) is 26.2 Å². The van der Waals surface area contributed by atoms with E-state index in [-0.39, 0.29) is 5.91 Å². The molecule has 1 aliphatic carbocycles. The summed E-state index contributed by atoms with van der Waals surface area (Å²) in [6.45, 7) is 3.56. The van der Waals surface area contributed by atoms with E-state index < -0.39 is 0 Å². The molecule has 1 aromatic rings. The van der Waals surface area contributed by atoms with E-state index in [0.717, 1.165) is 44.6 Å². The molecule has 3 fully saturated rings. The van der Waals surface area contributed by atoms with Gasteiger partial charge in [-0.3, -0.25) is 9.59 Å². The zero-order valence-electron chi connectivity index (χ0n) is 17.1. The molecule has 3 aliphatic rings. The van der Waals surface area contributed by atoms with Crippen LogP contribution in [-0.4, -0.2) is 47.8 Å². The molecule has 2 amide bonds. The Labute approximate surface area is 169 Å². The molecule has 0 radical (unpaired) electrons. The van der Waals surface area contributed by atoms with Crippen LogP contribution in [0.3, 0.4) is 0 Å². The van der Waals surface area contributed by atoms with Crippen LogP contribution in [0, 0.1) is 11.3 Å². The highest BCUT2D eigenvalue weighted by atomic mass is 16.2. The molecule has 0 N–H and O–H groups in total. The van der Waals surface area contributed by atoms with E-state index >= 15 is 0 Å². The van der Waals surface area contributed by atoms with Crippen LogP contribution in [0.5, 0.6) is 0 Å². The lowest BCUT2D eigenvalue weighted by atomic mass is 9.73. The molecular formula is C24H34N2O2. The number of hydrogen-bond acceptors (Lipinski definition) is 2. The highest BCUT2D eigenvalue weighted by molar-refractivity contribution is 5.79. The lowest BCUT2D eigenvalue weighted by molar-refractivity contribution is -0.133. The summed E-state index contributed by atoms with van der Waals surface area (Å²) in [4.78, 5) is 29.5. The fourth-order valence-corrected chi connectivity index (χ4v) is 5.50. The first kappa shape index (κ1) is 19.5. The summed E-state index contributed by atoms with van der Waals surface area (Å²) >= 11 is 0. The topological polar surface area (TPSA) is 40.6 Å². The Bertz CT molecular complexity index is 673. The molecule has 1 saturated carbocycles. The summed E-state index contributed by atoms with van der Waals surface area (Å²) in [5, 5.41) is 0. The number of rotatable bonds is 4. The molecule has 1 spiro atoms. The molecule has 2 heterocycles. The largest absolute Gasteiger partial charge is 0.342 e. The maximum absolute atomic E-state index is 12.8. The highest BCUT2D eigenvalue weighted by Gasteiger charge is 2.40. The van der Waals surface area contributed by atoms with Gasteiger partial charge in [0.1, 0.15) is 0 Å². The number of amides is 2. The number of carbonyl (C=O) groups excluding carboxylic acids is 2. The number of carbonyl (C=O) groups is 2. The van der Waals surface area contributed by atoms with E-state index in [4.69, 9.17) is 0 Å². The van der Waals surface area contributed by atoms with E-state index in [9.17, 15) is 9.59 Å². The standard InChI is InChI=1S/C24H34N2O2/c27-22(17-20-7-3-1-4-8-20)25-14-9-21(10-15-25)18-23(28)26-16-13-24(19-26)11-5-2-6-12-24/h1,3-4,7-8,21H,2,5-6,9-19H2. The zero-order valence-corrected chi connectivity index (χ0v) is 17.1. The fourth-order valence-electron chi connectivity index (χ4n) is 5.50. The van der Waals surface area contributed by atoms with Crippen molar-refractivity contribution in [3.05, 3.63) is 35.9 Å². The maximum atomic E-state index is 12.8. The first-order valence-corrected chi connectivity index (χ1v) is 11.2. The third kappa shape index (κ3) is 4.59. The van der Waals surface area contributed by atoms with E-state index in [1.807, 2.05) is 35.2 Å². The van der Waals surface area contributed by atoms with Gasteiger partial charge in [-0.25, -0.2) is 0 Å². The maximum Gasteiger partial charge on any atom is 0.226 e. The molecule has 0 aromatic heterocycles. The van der Waals surface area contributed by atoms with Gasteiger partial charge in [-0.2, -0.15) is 0 Å². The predicted molar refractivity (Wildman–Crippen MR) is 111 cm³/mol. The van der Waals surface area contributed by atoms with Gasteiger partial charge in [0, 0.05) is 32.6 Å². The number of hydrogen-bond donors (Lipinski definition) is 0. The Balaban J connectivity index is 1.21. The minimum Gasteiger partial charge on any atom is -0.342 e. The predicted octanol–water partition coefficient (Wildman–Crippen LogP) is 4.04. The number of piperidine rings is 1. The molecule has 4 heteroatoms. The van der Waals surface area contributed by atoms with Crippen LogP contribution in [0.1, 0.15) is 63.4 Å². The summed E-state index contributed by atoms with van der Waals surface area (Å²) in [6.07, 6.45) is 11.0. The van der Waals surface area contributed by atoms with Crippen molar-refractivity contribution in [1.82, 2.24) is 9.80 Å². The van der Waals surface area contributed by atoms with Crippen LogP contribution in [0.25, 0.3) is 0 Å². The second-order valence-electron chi connectivity index (χ2n) is 9.32. The summed E-state index contributed by atoms with van der Waals surface area (Å²) < 4.78 is 0. The van der Waals surface area contributed by atoms with Crippen molar-refractivity contribution in [2.45, 2.75) is 64.2 Å². The molecule has 2 saturated heterocycles. The van der Waals surface area contributed by atoms with E-state index in [1.165, 1.54) is 38.5 Å². The normalized spacial score (nSPS) is 22.6. The smallest absolute Gasteiger partial charge is 0.226 e. The van der Waals surface area contributed by atoms with Gasteiger partial charge >= 0.3 is 0 Å². The Kier molecular flexibility index (Phi) is 6.03. The van der Waals surface area contributed by atoms with Crippen molar-refractivity contribution in [3.63, 3.8) is 0 Å². The quantitative estimate of drug-likeness (QED) is 0.788. The first-order chi connectivity index (χ1) is 13.6. The van der Waals surface area contributed by atoms with Crippen molar-refractivity contribution in [3.8, 4) is 0 Å². The van der Waals surface area contributed by atoms with Gasteiger partial charge in [0.15, 0.2) is 0 Å². The van der Waals surface area contributed by atoms with Gasteiger partial charge in [-0.05, 0) is 49.0 Å². The van der Waals surface area contributed by atoms with Gasteiger partial charge in [-0.1, -0.05) is 49.6 Å². The minimum atomic E-state index is 0.217. The summed E-state index contributed by atoms with van der Waals surface area (Å²) in [6, 6.07) is 9.97. The fraction of sp³-hybridized carbons (Fsp3) is 0.667. The average Bonchev–Trinajstić information content (AvgIpc) is 3.13. The Morgan fingerprint density at radius 2 is 1.57 bits per heavy atom. The Morgan fingerprint density at radius 3 is 2.29 bits per heavy atom. The molecule has 4 nitrogen and oxygen atoms in total. The molecule has 0 atom stereocenters. The molecule has 0 bridgehead atoms. The van der Waals surface area contributed by atoms with E-state index in [1.54, 1.807) is 0 Å². The second kappa shape index (κ2) is 8.67. The van der Waals surface area contributed by atoms with Gasteiger partial charge in [-0.15, -0.1) is 0 Å². The van der Waals surface area contributed by atoms with Crippen LogP contribution < -0.4 is 0 Å². The number of benzene rings is 1. The molecule has 4 rings (SSSR count). The van der Waals surface area contributed by atoms with E-state index in [2.05, 4.69) is 4.90 Å². The molecular weight excluding hydrogens is 348 g/mol. The second-order valence-corrected chi connectivity index (χ2v) is 9.32. The SMILES string of the molecule is O=C(Cc1ccccc1)N1CCC(CC(=O)N2CCC3(CCCCC3)C2)CC1. The van der Waals surface area contributed by atoms with Crippen LogP contribution in [0.2, 0.25) is 0 Å². The van der Waals surface area contributed by atoms with Gasteiger partial charge in [0.25, 0.3) is 0 Å². The van der Waals surface area contributed by atoms with Crippen molar-refractivity contribution >= 4 is 11.8 Å². The van der Waals surface area contributed by atoms with Gasteiger partial charge in [0.05, 0.1) is 6.42 Å². The molecule has 152 valence electrons. The molecule has 28 heavy (non-hydrogen) atoms. The zero-order chi connectivity index (χ0) is 19.4. The van der Waals surface area contributed by atoms with E-state index in [0.29, 0.717) is 30.1 Å². The van der Waals surface area contributed by atoms with Crippen molar-refractivity contribution < 1.29 is 9.59 Å². The van der Waals surface area contributed by atoms with Crippen LogP contribution in [0.4, 0.5) is 0 Å². The van der Waals surface area contributed by atoms with Crippen molar-refractivity contribution in [2.24, 2.45) is 11.3 Å². The highest BCUT2D eigenvalue weighted by Crippen LogP contribution is 2.44. The lowest BCUT2D eigenvalue weighted by Gasteiger charge is -2.34. The minimum absolute atomic E-state index is 0.217. The number of nitrogens with zero attached hydrogens (tertiary/aromatic N) is 2.